The van der Waals surface area contributed by atoms with Crippen molar-refractivity contribution in [1.82, 2.24) is 10.2 Å². The Morgan fingerprint density at radius 1 is 1.50 bits per heavy atom. The van der Waals surface area contributed by atoms with Crippen LogP contribution in [0.25, 0.3) is 0 Å². The SMILES string of the molecule is CCNC1CCN(C(C)c2ccsc2)CC1. The van der Waals surface area contributed by atoms with Gasteiger partial charge in [0, 0.05) is 25.2 Å². The van der Waals surface area contributed by atoms with Crippen molar-refractivity contribution in [2.75, 3.05) is 19.6 Å². The van der Waals surface area contributed by atoms with Crippen LogP contribution in [0.5, 0.6) is 0 Å². The second kappa shape index (κ2) is 5.80. The summed E-state index contributed by atoms with van der Waals surface area (Å²) < 4.78 is 0. The second-order valence-electron chi connectivity index (χ2n) is 4.60. The van der Waals surface area contributed by atoms with Crippen LogP contribution in [0.2, 0.25) is 0 Å². The normalized spacial score (nSPS) is 21.1. The average molecular weight is 238 g/mol. The van der Waals surface area contributed by atoms with Gasteiger partial charge in [0.15, 0.2) is 0 Å². The molecule has 2 nitrogen and oxygen atoms in total. The lowest BCUT2D eigenvalue weighted by Gasteiger charge is -2.36. The minimum Gasteiger partial charge on any atom is -0.314 e. The van der Waals surface area contributed by atoms with E-state index in [0.29, 0.717) is 6.04 Å². The summed E-state index contributed by atoms with van der Waals surface area (Å²) in [5, 5.41) is 8.01. The Morgan fingerprint density at radius 3 is 2.81 bits per heavy atom. The molecule has 1 N–H and O–H groups in total. The first-order chi connectivity index (χ1) is 7.81. The van der Waals surface area contributed by atoms with E-state index in [2.05, 4.69) is 40.9 Å². The molecule has 2 heterocycles. The minimum absolute atomic E-state index is 0.592. The maximum atomic E-state index is 3.55. The van der Waals surface area contributed by atoms with E-state index >= 15 is 0 Å². The van der Waals surface area contributed by atoms with Crippen LogP contribution < -0.4 is 5.32 Å². The highest BCUT2D eigenvalue weighted by Crippen LogP contribution is 2.25. The highest BCUT2D eigenvalue weighted by molar-refractivity contribution is 7.07. The Hall–Kier alpha value is -0.380. The summed E-state index contributed by atoms with van der Waals surface area (Å²) in [5.74, 6) is 0. The molecular formula is C13H22N2S. The molecule has 1 aliphatic heterocycles. The molecule has 16 heavy (non-hydrogen) atoms. The predicted molar refractivity (Wildman–Crippen MR) is 71.0 cm³/mol. The zero-order valence-corrected chi connectivity index (χ0v) is 11.1. The maximum Gasteiger partial charge on any atom is 0.0328 e. The van der Waals surface area contributed by atoms with Gasteiger partial charge < -0.3 is 5.32 Å². The van der Waals surface area contributed by atoms with Crippen LogP contribution in [0.4, 0.5) is 0 Å². The third-order valence-electron chi connectivity index (χ3n) is 3.60. The molecule has 1 aliphatic rings. The fourth-order valence-corrected chi connectivity index (χ4v) is 3.25. The number of hydrogen-bond acceptors (Lipinski definition) is 3. The lowest BCUT2D eigenvalue weighted by molar-refractivity contribution is 0.153. The first-order valence-electron chi connectivity index (χ1n) is 6.30. The first kappa shape index (κ1) is 12.1. The number of nitrogens with one attached hydrogen (secondary N) is 1. The van der Waals surface area contributed by atoms with Crippen LogP contribution in [0.1, 0.15) is 38.3 Å². The number of hydrogen-bond donors (Lipinski definition) is 1. The van der Waals surface area contributed by atoms with Crippen molar-refractivity contribution in [2.45, 2.75) is 38.8 Å². The van der Waals surface area contributed by atoms with Crippen LogP contribution in [-0.2, 0) is 0 Å². The van der Waals surface area contributed by atoms with Crippen molar-refractivity contribution in [2.24, 2.45) is 0 Å². The topological polar surface area (TPSA) is 15.3 Å². The molecule has 0 aromatic carbocycles. The molecule has 1 aromatic heterocycles. The average Bonchev–Trinajstić information content (AvgIpc) is 2.83. The van der Waals surface area contributed by atoms with Crippen LogP contribution in [0, 0.1) is 0 Å². The summed E-state index contributed by atoms with van der Waals surface area (Å²) in [5.41, 5.74) is 1.48. The minimum atomic E-state index is 0.592. The lowest BCUT2D eigenvalue weighted by Crippen LogP contribution is -2.43. The van der Waals surface area contributed by atoms with Gasteiger partial charge in [-0.25, -0.2) is 0 Å². The number of likely N-dealkylation sites (tertiary alicyclic amines) is 1. The van der Waals surface area contributed by atoms with Gasteiger partial charge in [0.05, 0.1) is 0 Å². The van der Waals surface area contributed by atoms with Gasteiger partial charge >= 0.3 is 0 Å². The van der Waals surface area contributed by atoms with Crippen molar-refractivity contribution in [3.8, 4) is 0 Å². The summed E-state index contributed by atoms with van der Waals surface area (Å²) in [7, 11) is 0. The predicted octanol–water partition coefficient (Wildman–Crippen LogP) is 2.88. The summed E-state index contributed by atoms with van der Waals surface area (Å²) in [4.78, 5) is 2.61. The van der Waals surface area contributed by atoms with Gasteiger partial charge in [0.25, 0.3) is 0 Å². The van der Waals surface area contributed by atoms with Gasteiger partial charge in [0.2, 0.25) is 0 Å². The Bertz CT molecular complexity index is 289. The third kappa shape index (κ3) is 2.84. The van der Waals surface area contributed by atoms with Gasteiger partial charge in [-0.2, -0.15) is 11.3 Å². The smallest absolute Gasteiger partial charge is 0.0328 e. The van der Waals surface area contributed by atoms with Crippen LogP contribution >= 0.6 is 11.3 Å². The van der Waals surface area contributed by atoms with E-state index in [1.807, 2.05) is 0 Å². The molecule has 0 aliphatic carbocycles. The van der Waals surface area contributed by atoms with E-state index in [1.165, 1.54) is 31.5 Å². The van der Waals surface area contributed by atoms with Gasteiger partial charge in [0.1, 0.15) is 0 Å². The van der Waals surface area contributed by atoms with E-state index in [4.69, 9.17) is 0 Å². The van der Waals surface area contributed by atoms with Gasteiger partial charge in [-0.15, -0.1) is 0 Å². The lowest BCUT2D eigenvalue weighted by atomic mass is 10.0. The van der Waals surface area contributed by atoms with E-state index in [1.54, 1.807) is 11.3 Å². The zero-order chi connectivity index (χ0) is 11.4. The van der Waals surface area contributed by atoms with Gasteiger partial charge in [-0.3, -0.25) is 4.90 Å². The summed E-state index contributed by atoms with van der Waals surface area (Å²) in [6.07, 6.45) is 2.59. The molecule has 0 bridgehead atoms. The summed E-state index contributed by atoms with van der Waals surface area (Å²) in [6, 6.07) is 3.59. The molecule has 0 amide bonds. The standard InChI is InChI=1S/C13H22N2S/c1-3-14-13-4-7-15(8-5-13)11(2)12-6-9-16-10-12/h6,9-11,13-14H,3-5,7-8H2,1-2H3. The van der Waals surface area contributed by atoms with Gasteiger partial charge in [-0.05, 0) is 48.7 Å². The van der Waals surface area contributed by atoms with Gasteiger partial charge in [-0.1, -0.05) is 6.92 Å². The molecule has 0 spiro atoms. The Kier molecular flexibility index (Phi) is 4.38. The molecule has 1 saturated heterocycles. The molecule has 2 rings (SSSR count). The fourth-order valence-electron chi connectivity index (χ4n) is 2.50. The molecule has 1 atom stereocenters. The third-order valence-corrected chi connectivity index (χ3v) is 4.30. The molecule has 0 saturated carbocycles. The molecule has 1 aromatic rings. The quantitative estimate of drug-likeness (QED) is 0.867. The van der Waals surface area contributed by atoms with Crippen LogP contribution in [0.3, 0.4) is 0 Å². The Balaban J connectivity index is 1.84. The number of thiophene rings is 1. The first-order valence-corrected chi connectivity index (χ1v) is 7.25. The van der Waals surface area contributed by atoms with Crippen molar-refractivity contribution in [1.29, 1.82) is 0 Å². The monoisotopic (exact) mass is 238 g/mol. The van der Waals surface area contributed by atoms with E-state index < -0.39 is 0 Å². The zero-order valence-electron chi connectivity index (χ0n) is 10.3. The maximum absolute atomic E-state index is 3.55. The highest BCUT2D eigenvalue weighted by atomic mass is 32.1. The number of nitrogens with zero attached hydrogens (tertiary/aromatic N) is 1. The molecule has 1 fully saturated rings. The van der Waals surface area contributed by atoms with Crippen molar-refractivity contribution < 1.29 is 0 Å². The highest BCUT2D eigenvalue weighted by Gasteiger charge is 2.22. The summed E-state index contributed by atoms with van der Waals surface area (Å²) >= 11 is 1.80. The second-order valence-corrected chi connectivity index (χ2v) is 5.38. The molecule has 90 valence electrons. The van der Waals surface area contributed by atoms with E-state index in [9.17, 15) is 0 Å². The molecular weight excluding hydrogens is 216 g/mol. The van der Waals surface area contributed by atoms with Crippen molar-refractivity contribution in [3.05, 3.63) is 22.4 Å². The molecule has 3 heteroatoms. The fraction of sp³-hybridized carbons (Fsp3) is 0.692. The largest absolute Gasteiger partial charge is 0.314 e. The van der Waals surface area contributed by atoms with Crippen molar-refractivity contribution >= 4 is 11.3 Å². The number of rotatable bonds is 4. The van der Waals surface area contributed by atoms with E-state index in [-0.39, 0.29) is 0 Å². The van der Waals surface area contributed by atoms with Crippen molar-refractivity contribution in [3.63, 3.8) is 0 Å². The Labute approximate surface area is 103 Å². The van der Waals surface area contributed by atoms with E-state index in [0.717, 1.165) is 12.6 Å². The van der Waals surface area contributed by atoms with Crippen LogP contribution in [0.15, 0.2) is 16.8 Å². The van der Waals surface area contributed by atoms with Crippen LogP contribution in [-0.4, -0.2) is 30.6 Å². The number of piperidine rings is 1. The Morgan fingerprint density at radius 2 is 2.25 bits per heavy atom. The summed E-state index contributed by atoms with van der Waals surface area (Å²) in [6.45, 7) is 8.09. The molecule has 0 radical (unpaired) electrons. The molecule has 1 unspecified atom stereocenters.